The van der Waals surface area contributed by atoms with Crippen LogP contribution in [0.4, 0.5) is 16.5 Å². The summed E-state index contributed by atoms with van der Waals surface area (Å²) in [6.45, 7) is 2.19. The highest BCUT2D eigenvalue weighted by atomic mass is 32.2. The van der Waals surface area contributed by atoms with E-state index in [0.717, 1.165) is 17.1 Å². The van der Waals surface area contributed by atoms with Crippen molar-refractivity contribution in [1.82, 2.24) is 10.2 Å². The molecule has 0 aliphatic rings. The Kier molecular flexibility index (Phi) is 7.65. The van der Waals surface area contributed by atoms with Crippen molar-refractivity contribution in [2.45, 2.75) is 22.9 Å². The Morgan fingerprint density at radius 1 is 1.27 bits per heavy atom. The molecule has 1 unspecified atom stereocenters. The van der Waals surface area contributed by atoms with E-state index >= 15 is 0 Å². The van der Waals surface area contributed by atoms with E-state index in [4.69, 9.17) is 10.00 Å². The van der Waals surface area contributed by atoms with Crippen LogP contribution in [0.3, 0.4) is 0 Å². The van der Waals surface area contributed by atoms with Crippen molar-refractivity contribution >= 4 is 45.5 Å². The van der Waals surface area contributed by atoms with Gasteiger partial charge in [0, 0.05) is 24.0 Å². The van der Waals surface area contributed by atoms with Gasteiger partial charge in [-0.05, 0) is 31.2 Å². The van der Waals surface area contributed by atoms with Gasteiger partial charge in [-0.2, -0.15) is 5.26 Å². The lowest BCUT2D eigenvalue weighted by Gasteiger charge is -2.24. The monoisotopic (exact) mass is 439 g/mol. The van der Waals surface area contributed by atoms with Crippen LogP contribution in [-0.4, -0.2) is 35.0 Å². The van der Waals surface area contributed by atoms with Crippen molar-refractivity contribution in [2.75, 3.05) is 23.9 Å². The van der Waals surface area contributed by atoms with E-state index in [2.05, 4.69) is 21.6 Å². The number of nitriles is 1. The largest absolute Gasteiger partial charge is 0.497 e. The predicted molar refractivity (Wildman–Crippen MR) is 121 cm³/mol. The molecule has 0 bridgehead atoms. The molecule has 2 aromatic carbocycles. The van der Waals surface area contributed by atoms with Crippen LogP contribution in [0.25, 0.3) is 0 Å². The van der Waals surface area contributed by atoms with Gasteiger partial charge >= 0.3 is 0 Å². The van der Waals surface area contributed by atoms with Gasteiger partial charge in [-0.3, -0.25) is 4.79 Å². The van der Waals surface area contributed by atoms with Gasteiger partial charge in [0.05, 0.1) is 24.8 Å². The minimum absolute atomic E-state index is 0.0704. The quantitative estimate of drug-likeness (QED) is 0.482. The molecule has 1 N–H and O–H groups in total. The average molecular weight is 440 g/mol. The van der Waals surface area contributed by atoms with Crippen LogP contribution < -0.4 is 15.0 Å². The zero-order valence-electron chi connectivity index (χ0n) is 16.6. The molecule has 1 aromatic heterocycles. The summed E-state index contributed by atoms with van der Waals surface area (Å²) >= 11 is 2.73. The van der Waals surface area contributed by atoms with E-state index in [1.165, 1.54) is 23.1 Å². The van der Waals surface area contributed by atoms with Gasteiger partial charge < -0.3 is 15.0 Å². The lowest BCUT2D eigenvalue weighted by atomic mass is 10.2. The highest BCUT2D eigenvalue weighted by Crippen LogP contribution is 2.32. The lowest BCUT2D eigenvalue weighted by Crippen LogP contribution is -2.37. The second-order valence-corrected chi connectivity index (χ2v) is 8.79. The number of hydrogen-bond acceptors (Lipinski definition) is 8. The summed E-state index contributed by atoms with van der Waals surface area (Å²) in [7, 11) is 1.62. The van der Waals surface area contributed by atoms with Gasteiger partial charge in [-0.25, -0.2) is 0 Å². The third-order valence-corrected chi connectivity index (χ3v) is 6.14. The number of amides is 1. The molecule has 3 aromatic rings. The van der Waals surface area contributed by atoms with Gasteiger partial charge in [0.2, 0.25) is 11.0 Å². The number of rotatable bonds is 9. The normalized spacial score (nSPS) is 11.4. The number of carbonyl (C=O) groups excluding carboxylic acids is 1. The van der Waals surface area contributed by atoms with Gasteiger partial charge in [0.1, 0.15) is 5.75 Å². The van der Waals surface area contributed by atoms with E-state index in [-0.39, 0.29) is 17.6 Å². The zero-order valence-corrected chi connectivity index (χ0v) is 18.2. The molecular weight excluding hydrogens is 418 g/mol. The number of thioether (sulfide) groups is 1. The smallest absolute Gasteiger partial charge is 0.240 e. The number of carbonyl (C=O) groups is 1. The summed E-state index contributed by atoms with van der Waals surface area (Å²) in [5.74, 6) is 0.677. The van der Waals surface area contributed by atoms with Crippen LogP contribution in [0.2, 0.25) is 0 Å². The number of anilines is 3. The third kappa shape index (κ3) is 5.72. The lowest BCUT2D eigenvalue weighted by molar-refractivity contribution is -0.117. The van der Waals surface area contributed by atoms with Crippen LogP contribution in [-0.2, 0) is 4.79 Å². The first-order valence-electron chi connectivity index (χ1n) is 9.25. The molecule has 0 saturated carbocycles. The first-order chi connectivity index (χ1) is 14.6. The van der Waals surface area contributed by atoms with Crippen LogP contribution in [0.1, 0.15) is 13.3 Å². The topological polar surface area (TPSA) is 91.1 Å². The maximum absolute atomic E-state index is 13.0. The molecule has 0 spiro atoms. The van der Waals surface area contributed by atoms with Crippen LogP contribution in [0, 0.1) is 11.3 Å². The number of hydrogen-bond donors (Lipinski definition) is 1. The summed E-state index contributed by atoms with van der Waals surface area (Å²) in [5.41, 5.74) is 1.63. The summed E-state index contributed by atoms with van der Waals surface area (Å²) in [4.78, 5) is 14.7. The fraction of sp³-hybridized carbons (Fsp3) is 0.238. The van der Waals surface area contributed by atoms with Crippen molar-refractivity contribution in [3.8, 4) is 11.8 Å². The Morgan fingerprint density at radius 3 is 2.80 bits per heavy atom. The Labute approximate surface area is 183 Å². The number of aromatic nitrogens is 2. The molecule has 1 amide bonds. The van der Waals surface area contributed by atoms with Crippen molar-refractivity contribution < 1.29 is 9.53 Å². The number of methoxy groups -OCH3 is 1. The molecule has 0 saturated heterocycles. The van der Waals surface area contributed by atoms with Crippen LogP contribution in [0.5, 0.6) is 5.75 Å². The second kappa shape index (κ2) is 10.6. The Bertz CT molecular complexity index is 1020. The number of ether oxygens (including phenoxy) is 1. The first kappa shape index (κ1) is 21.6. The molecule has 0 aliphatic carbocycles. The van der Waals surface area contributed by atoms with Crippen molar-refractivity contribution in [3.05, 3.63) is 54.6 Å². The predicted octanol–water partition coefficient (Wildman–Crippen LogP) is 4.72. The molecule has 30 heavy (non-hydrogen) atoms. The molecular formula is C21H21N5O2S2. The van der Waals surface area contributed by atoms with E-state index in [1.54, 1.807) is 12.0 Å². The fourth-order valence-corrected chi connectivity index (χ4v) is 4.67. The molecule has 3 rings (SSSR count). The Balaban J connectivity index is 1.66. The van der Waals surface area contributed by atoms with Gasteiger partial charge in [0.15, 0.2) is 4.34 Å². The Hall–Kier alpha value is -3.09. The van der Waals surface area contributed by atoms with E-state index in [1.807, 2.05) is 61.5 Å². The van der Waals surface area contributed by atoms with E-state index < -0.39 is 0 Å². The summed E-state index contributed by atoms with van der Waals surface area (Å²) in [5, 5.41) is 20.8. The molecule has 9 heteroatoms. The number of para-hydroxylation sites is 1. The van der Waals surface area contributed by atoms with Crippen molar-refractivity contribution in [1.29, 1.82) is 5.26 Å². The second-order valence-electron chi connectivity index (χ2n) is 6.22. The van der Waals surface area contributed by atoms with Crippen molar-refractivity contribution in [3.63, 3.8) is 0 Å². The Morgan fingerprint density at radius 2 is 2.07 bits per heavy atom. The number of nitrogens with one attached hydrogen (secondary N) is 1. The third-order valence-electron chi connectivity index (χ3n) is 4.13. The molecule has 1 atom stereocenters. The fourth-order valence-electron chi connectivity index (χ4n) is 2.69. The zero-order chi connectivity index (χ0) is 21.3. The standard InChI is InChI=1S/C21H21N5O2S2/c1-15(19(27)26(13-7-12-22)17-9-4-3-5-10-17)29-21-25-24-20(30-21)23-16-8-6-11-18(14-16)28-2/h3-6,8-11,14-15H,7,13H2,1-2H3,(H,23,24). The summed E-state index contributed by atoms with van der Waals surface area (Å²) in [6, 6.07) is 19.0. The minimum Gasteiger partial charge on any atom is -0.497 e. The summed E-state index contributed by atoms with van der Waals surface area (Å²) in [6.07, 6.45) is 0.269. The van der Waals surface area contributed by atoms with Crippen molar-refractivity contribution in [2.24, 2.45) is 0 Å². The van der Waals surface area contributed by atoms with E-state index in [0.29, 0.717) is 16.0 Å². The van der Waals surface area contributed by atoms with Gasteiger partial charge in [-0.15, -0.1) is 10.2 Å². The molecule has 154 valence electrons. The van der Waals surface area contributed by atoms with Crippen LogP contribution in [0.15, 0.2) is 58.9 Å². The molecule has 0 aliphatic heterocycles. The maximum Gasteiger partial charge on any atom is 0.240 e. The van der Waals surface area contributed by atoms with E-state index in [9.17, 15) is 4.79 Å². The first-order valence-corrected chi connectivity index (χ1v) is 10.9. The average Bonchev–Trinajstić information content (AvgIpc) is 3.21. The molecule has 0 radical (unpaired) electrons. The SMILES string of the molecule is COc1cccc(Nc2nnc(SC(C)C(=O)N(CCC#N)c3ccccc3)s2)c1. The van der Waals surface area contributed by atoms with Gasteiger partial charge in [-0.1, -0.05) is 47.4 Å². The highest BCUT2D eigenvalue weighted by molar-refractivity contribution is 8.02. The highest BCUT2D eigenvalue weighted by Gasteiger charge is 2.24. The maximum atomic E-state index is 13.0. The minimum atomic E-state index is -0.374. The molecule has 7 nitrogen and oxygen atoms in total. The summed E-state index contributed by atoms with van der Waals surface area (Å²) < 4.78 is 5.91. The molecule has 1 heterocycles. The molecule has 0 fully saturated rings. The number of benzene rings is 2. The van der Waals surface area contributed by atoms with Crippen LogP contribution >= 0.6 is 23.1 Å². The number of nitrogens with zero attached hydrogens (tertiary/aromatic N) is 4. The van der Waals surface area contributed by atoms with Gasteiger partial charge in [0.25, 0.3) is 0 Å².